The van der Waals surface area contributed by atoms with Gasteiger partial charge in [-0.25, -0.2) is 0 Å². The summed E-state index contributed by atoms with van der Waals surface area (Å²) in [5.41, 5.74) is 6.51. The Kier molecular flexibility index (Phi) is 2.34. The minimum absolute atomic E-state index is 0.164. The summed E-state index contributed by atoms with van der Waals surface area (Å²) in [5, 5.41) is 7.62. The van der Waals surface area contributed by atoms with E-state index in [-0.39, 0.29) is 6.04 Å². The molecular formula is C7H11N3. The van der Waals surface area contributed by atoms with E-state index in [0.717, 1.165) is 12.1 Å². The predicted molar refractivity (Wildman–Crippen MR) is 39.4 cm³/mol. The summed E-state index contributed by atoms with van der Waals surface area (Å²) in [6, 6.07) is 3.96. The third kappa shape index (κ3) is 2.11. The van der Waals surface area contributed by atoms with Gasteiger partial charge in [-0.2, -0.15) is 10.2 Å². The zero-order valence-electron chi connectivity index (χ0n) is 5.99. The average Bonchev–Trinajstić information content (AvgIpc) is 1.88. The van der Waals surface area contributed by atoms with Gasteiger partial charge in [-0.05, 0) is 19.1 Å². The van der Waals surface area contributed by atoms with Crippen molar-refractivity contribution in [3.8, 4) is 0 Å². The number of nitrogens with zero attached hydrogens (tertiary/aromatic N) is 2. The molecule has 0 aromatic carbocycles. The van der Waals surface area contributed by atoms with Gasteiger partial charge in [0, 0.05) is 18.7 Å². The molecule has 0 radical (unpaired) electrons. The van der Waals surface area contributed by atoms with Crippen molar-refractivity contribution >= 4 is 0 Å². The third-order valence-corrected chi connectivity index (χ3v) is 1.16. The smallest absolute Gasteiger partial charge is 0.0646 e. The topological polar surface area (TPSA) is 51.8 Å². The fourth-order valence-electron chi connectivity index (χ4n) is 0.772. The fourth-order valence-corrected chi connectivity index (χ4v) is 0.772. The molecule has 0 aliphatic heterocycles. The molecule has 3 nitrogen and oxygen atoms in total. The Bertz CT molecular complexity index is 183. The summed E-state index contributed by atoms with van der Waals surface area (Å²) >= 11 is 0. The van der Waals surface area contributed by atoms with Gasteiger partial charge >= 0.3 is 0 Å². The van der Waals surface area contributed by atoms with Crippen LogP contribution in [0.25, 0.3) is 0 Å². The molecule has 1 aromatic rings. The van der Waals surface area contributed by atoms with E-state index in [2.05, 4.69) is 10.2 Å². The maximum Gasteiger partial charge on any atom is 0.0646 e. The van der Waals surface area contributed by atoms with Crippen molar-refractivity contribution in [2.75, 3.05) is 0 Å². The van der Waals surface area contributed by atoms with E-state index in [9.17, 15) is 0 Å². The molecule has 0 bridgehead atoms. The highest BCUT2D eigenvalue weighted by Crippen LogP contribution is 1.94. The van der Waals surface area contributed by atoms with E-state index < -0.39 is 0 Å². The quantitative estimate of drug-likeness (QED) is 0.640. The zero-order chi connectivity index (χ0) is 7.40. The van der Waals surface area contributed by atoms with E-state index in [0.29, 0.717) is 0 Å². The second-order valence-electron chi connectivity index (χ2n) is 2.40. The monoisotopic (exact) mass is 137 g/mol. The summed E-state index contributed by atoms with van der Waals surface area (Å²) in [6.45, 7) is 1.95. The maximum absolute atomic E-state index is 5.56. The van der Waals surface area contributed by atoms with Gasteiger partial charge in [0.2, 0.25) is 0 Å². The first-order chi connectivity index (χ1) is 4.79. The van der Waals surface area contributed by atoms with Crippen LogP contribution < -0.4 is 5.73 Å². The second kappa shape index (κ2) is 3.27. The van der Waals surface area contributed by atoms with Crippen molar-refractivity contribution < 1.29 is 0 Å². The summed E-state index contributed by atoms with van der Waals surface area (Å²) < 4.78 is 0. The number of rotatable bonds is 2. The van der Waals surface area contributed by atoms with E-state index in [1.165, 1.54) is 0 Å². The number of hydrogen-bond donors (Lipinski definition) is 1. The van der Waals surface area contributed by atoms with E-state index in [4.69, 9.17) is 5.73 Å². The molecule has 0 amide bonds. The predicted octanol–water partition coefficient (Wildman–Crippen LogP) is 0.366. The van der Waals surface area contributed by atoms with Crippen LogP contribution in [0, 0.1) is 0 Å². The van der Waals surface area contributed by atoms with Gasteiger partial charge in [0.1, 0.15) is 0 Å². The summed E-state index contributed by atoms with van der Waals surface area (Å²) in [6.07, 6.45) is 2.46. The molecule has 0 saturated carbocycles. The summed E-state index contributed by atoms with van der Waals surface area (Å²) in [7, 11) is 0. The Morgan fingerprint density at radius 2 is 2.50 bits per heavy atom. The average molecular weight is 137 g/mol. The molecule has 1 atom stereocenters. The highest BCUT2D eigenvalue weighted by Gasteiger charge is 1.96. The largest absolute Gasteiger partial charge is 0.328 e. The standard InChI is InChI=1S/C7H11N3/c1-6(8)5-7-3-2-4-9-10-7/h2-4,6H,5,8H2,1H3. The molecule has 0 saturated heterocycles. The molecular weight excluding hydrogens is 126 g/mol. The molecule has 0 fully saturated rings. The van der Waals surface area contributed by atoms with Crippen LogP contribution in [0.15, 0.2) is 18.3 Å². The van der Waals surface area contributed by atoms with Gasteiger partial charge in [-0.15, -0.1) is 0 Å². The van der Waals surface area contributed by atoms with E-state index >= 15 is 0 Å². The Balaban J connectivity index is 2.59. The SMILES string of the molecule is CC(N)Cc1cccnn1. The van der Waals surface area contributed by atoms with E-state index in [1.54, 1.807) is 6.20 Å². The second-order valence-corrected chi connectivity index (χ2v) is 2.40. The van der Waals surface area contributed by atoms with Gasteiger partial charge in [0.25, 0.3) is 0 Å². The molecule has 1 unspecified atom stereocenters. The van der Waals surface area contributed by atoms with Crippen LogP contribution in [0.1, 0.15) is 12.6 Å². The molecule has 54 valence electrons. The normalized spacial score (nSPS) is 13.0. The van der Waals surface area contributed by atoms with Gasteiger partial charge in [-0.3, -0.25) is 0 Å². The molecule has 0 aliphatic carbocycles. The maximum atomic E-state index is 5.56. The number of hydrogen-bond acceptors (Lipinski definition) is 3. The van der Waals surface area contributed by atoms with Crippen molar-refractivity contribution in [1.82, 2.24) is 10.2 Å². The van der Waals surface area contributed by atoms with E-state index in [1.807, 2.05) is 19.1 Å². The lowest BCUT2D eigenvalue weighted by Gasteiger charge is -2.00. The molecule has 0 spiro atoms. The van der Waals surface area contributed by atoms with Gasteiger partial charge in [0.05, 0.1) is 5.69 Å². The number of aromatic nitrogens is 2. The Morgan fingerprint density at radius 3 is 3.00 bits per heavy atom. The fraction of sp³-hybridized carbons (Fsp3) is 0.429. The molecule has 0 aliphatic rings. The van der Waals surface area contributed by atoms with Crippen LogP contribution in [0.4, 0.5) is 0 Å². The first-order valence-corrected chi connectivity index (χ1v) is 3.31. The Hall–Kier alpha value is -0.960. The van der Waals surface area contributed by atoms with Crippen molar-refractivity contribution in [3.05, 3.63) is 24.0 Å². The molecule has 1 heterocycles. The van der Waals surface area contributed by atoms with Crippen molar-refractivity contribution in [2.24, 2.45) is 5.73 Å². The molecule has 3 heteroatoms. The molecule has 1 aromatic heterocycles. The van der Waals surface area contributed by atoms with Crippen LogP contribution in [-0.2, 0) is 6.42 Å². The number of nitrogens with two attached hydrogens (primary N) is 1. The third-order valence-electron chi connectivity index (χ3n) is 1.16. The first-order valence-electron chi connectivity index (χ1n) is 3.31. The Morgan fingerprint density at radius 1 is 1.70 bits per heavy atom. The van der Waals surface area contributed by atoms with Crippen LogP contribution in [0.2, 0.25) is 0 Å². The minimum atomic E-state index is 0.164. The van der Waals surface area contributed by atoms with Crippen molar-refractivity contribution in [1.29, 1.82) is 0 Å². The summed E-state index contributed by atoms with van der Waals surface area (Å²) in [4.78, 5) is 0. The first kappa shape index (κ1) is 7.15. The van der Waals surface area contributed by atoms with Crippen LogP contribution in [0.5, 0.6) is 0 Å². The molecule has 1 rings (SSSR count). The van der Waals surface area contributed by atoms with Gasteiger partial charge < -0.3 is 5.73 Å². The van der Waals surface area contributed by atoms with Gasteiger partial charge in [0.15, 0.2) is 0 Å². The highest BCUT2D eigenvalue weighted by molar-refractivity contribution is 5.00. The van der Waals surface area contributed by atoms with Gasteiger partial charge in [-0.1, -0.05) is 0 Å². The van der Waals surface area contributed by atoms with Crippen molar-refractivity contribution in [3.63, 3.8) is 0 Å². The molecule has 2 N–H and O–H groups in total. The van der Waals surface area contributed by atoms with Crippen LogP contribution in [-0.4, -0.2) is 16.2 Å². The van der Waals surface area contributed by atoms with Crippen molar-refractivity contribution in [2.45, 2.75) is 19.4 Å². The molecule has 10 heavy (non-hydrogen) atoms. The highest BCUT2D eigenvalue weighted by atomic mass is 15.1. The summed E-state index contributed by atoms with van der Waals surface area (Å²) in [5.74, 6) is 0. The zero-order valence-corrected chi connectivity index (χ0v) is 5.99. The lowest BCUT2D eigenvalue weighted by molar-refractivity contribution is 0.709. The Labute approximate surface area is 60.3 Å². The lowest BCUT2D eigenvalue weighted by Crippen LogP contribution is -2.18. The lowest BCUT2D eigenvalue weighted by atomic mass is 10.2. The van der Waals surface area contributed by atoms with Crippen LogP contribution in [0.3, 0.4) is 0 Å². The van der Waals surface area contributed by atoms with Crippen LogP contribution >= 0.6 is 0 Å². The minimum Gasteiger partial charge on any atom is -0.328 e.